The lowest BCUT2D eigenvalue weighted by Crippen LogP contribution is -2.48. The third kappa shape index (κ3) is 5.11. The van der Waals surface area contributed by atoms with E-state index < -0.39 is 0 Å². The van der Waals surface area contributed by atoms with Crippen molar-refractivity contribution < 1.29 is 0 Å². The van der Waals surface area contributed by atoms with Crippen molar-refractivity contribution in [2.45, 2.75) is 43.9 Å². The first-order valence-electron chi connectivity index (χ1n) is 17.3. The highest BCUT2D eigenvalue weighted by atomic mass is 15.0. The molecule has 48 heavy (non-hydrogen) atoms. The summed E-state index contributed by atoms with van der Waals surface area (Å²) in [6.07, 6.45) is 8.41. The number of nitrogens with zero attached hydrogens (tertiary/aromatic N) is 4. The maximum absolute atomic E-state index is 9.59. The topological polar surface area (TPSA) is 62.5 Å². The molecule has 0 radical (unpaired) electrons. The van der Waals surface area contributed by atoms with E-state index in [1.165, 1.54) is 44.1 Å². The Morgan fingerprint density at radius 1 is 0.479 bits per heavy atom. The van der Waals surface area contributed by atoms with E-state index in [1.807, 2.05) is 48.5 Å². The van der Waals surface area contributed by atoms with Crippen LogP contribution in [0.1, 0.15) is 49.7 Å². The highest BCUT2D eigenvalue weighted by Gasteiger charge is 2.51. The van der Waals surface area contributed by atoms with Crippen molar-refractivity contribution >= 4 is 0 Å². The molecule has 4 fully saturated rings. The molecule has 4 bridgehead atoms. The minimum absolute atomic E-state index is 0.353. The monoisotopic (exact) mass is 620 g/mol. The maximum atomic E-state index is 9.59. The summed E-state index contributed by atoms with van der Waals surface area (Å²) in [6.45, 7) is 0. The Kier molecular flexibility index (Phi) is 7.01. The van der Waals surface area contributed by atoms with Gasteiger partial charge in [-0.15, -0.1) is 0 Å². The summed E-state index contributed by atoms with van der Waals surface area (Å²) < 4.78 is 0. The molecule has 1 heterocycles. The number of hydrogen-bond donors (Lipinski definition) is 0. The second-order valence-electron chi connectivity index (χ2n) is 14.2. The Labute approximate surface area is 282 Å². The molecule has 4 aliphatic rings. The Balaban J connectivity index is 1.15. The molecule has 6 aromatic rings. The highest BCUT2D eigenvalue weighted by molar-refractivity contribution is 5.90. The fourth-order valence-electron chi connectivity index (χ4n) is 9.42. The Bertz CT molecular complexity index is 2140. The van der Waals surface area contributed by atoms with Crippen LogP contribution < -0.4 is 0 Å². The van der Waals surface area contributed by atoms with E-state index in [1.54, 1.807) is 0 Å². The lowest BCUT2D eigenvalue weighted by molar-refractivity contribution is -0.00518. The molecule has 4 heteroatoms. The zero-order valence-electron chi connectivity index (χ0n) is 26.9. The van der Waals surface area contributed by atoms with E-state index in [2.05, 4.69) is 84.9 Å². The lowest BCUT2D eigenvalue weighted by Gasteiger charge is -2.57. The van der Waals surface area contributed by atoms with Gasteiger partial charge in [-0.05, 0) is 102 Å². The van der Waals surface area contributed by atoms with Crippen molar-refractivity contribution in [2.24, 2.45) is 17.8 Å². The third-order valence-electron chi connectivity index (χ3n) is 11.1. The molecule has 4 aliphatic carbocycles. The summed E-state index contributed by atoms with van der Waals surface area (Å²) in [5.41, 5.74) is 9.55. The summed E-state index contributed by atoms with van der Waals surface area (Å²) in [4.78, 5) is 15.3. The van der Waals surface area contributed by atoms with Crippen molar-refractivity contribution in [3.05, 3.63) is 139 Å². The summed E-state index contributed by atoms with van der Waals surface area (Å²) in [6, 6.07) is 46.2. The number of nitriles is 1. The molecule has 0 atom stereocenters. The molecule has 1 aromatic heterocycles. The lowest BCUT2D eigenvalue weighted by atomic mass is 9.48. The fourth-order valence-corrected chi connectivity index (χ4v) is 9.42. The minimum Gasteiger partial charge on any atom is -0.208 e. The fraction of sp³-hybridized carbons (Fsp3) is 0.227. The van der Waals surface area contributed by atoms with Crippen molar-refractivity contribution in [1.29, 1.82) is 5.26 Å². The van der Waals surface area contributed by atoms with Gasteiger partial charge in [-0.3, -0.25) is 0 Å². The number of aromatic nitrogens is 3. The molecule has 0 N–H and O–H groups in total. The molecule has 10 rings (SSSR count). The standard InChI is InChI=1S/C44H36N4/c45-28-29-9-8-12-35(24-29)37-13-4-5-14-38(37)39-15-6-7-16-40(39)43-47-41(33-10-2-1-3-11-33)46-42(48-43)34-17-19-36(20-18-34)44-25-30-21-31(26-44)23-32(22-30)27-44/h1-20,24,30-32H,21-23,25-27H2. The second kappa shape index (κ2) is 11.7. The number of rotatable bonds is 6. The van der Waals surface area contributed by atoms with Crippen molar-refractivity contribution in [3.63, 3.8) is 0 Å². The van der Waals surface area contributed by atoms with Crippen LogP contribution in [0.2, 0.25) is 0 Å². The van der Waals surface area contributed by atoms with Gasteiger partial charge >= 0.3 is 0 Å². The normalized spacial score (nSPS) is 22.4. The van der Waals surface area contributed by atoms with Gasteiger partial charge in [0.05, 0.1) is 11.6 Å². The molecule has 0 saturated heterocycles. The largest absolute Gasteiger partial charge is 0.208 e. The Hall–Kier alpha value is -5.40. The van der Waals surface area contributed by atoms with Crippen LogP contribution in [0.4, 0.5) is 0 Å². The van der Waals surface area contributed by atoms with Gasteiger partial charge in [0.1, 0.15) is 0 Å². The third-order valence-corrected chi connectivity index (χ3v) is 11.1. The van der Waals surface area contributed by atoms with Gasteiger partial charge in [0.2, 0.25) is 0 Å². The first kappa shape index (κ1) is 28.8. The van der Waals surface area contributed by atoms with Crippen LogP contribution >= 0.6 is 0 Å². The van der Waals surface area contributed by atoms with E-state index >= 15 is 0 Å². The second-order valence-corrected chi connectivity index (χ2v) is 14.2. The van der Waals surface area contributed by atoms with Gasteiger partial charge in [-0.2, -0.15) is 5.26 Å². The molecule has 4 nitrogen and oxygen atoms in total. The van der Waals surface area contributed by atoms with Crippen LogP contribution in [0.3, 0.4) is 0 Å². The number of hydrogen-bond acceptors (Lipinski definition) is 4. The van der Waals surface area contributed by atoms with Crippen molar-refractivity contribution in [3.8, 4) is 62.5 Å². The van der Waals surface area contributed by atoms with Crippen molar-refractivity contribution in [1.82, 2.24) is 15.0 Å². The molecule has 232 valence electrons. The first-order chi connectivity index (χ1) is 23.6. The molecule has 0 aliphatic heterocycles. The highest BCUT2D eigenvalue weighted by Crippen LogP contribution is 2.60. The predicted octanol–water partition coefficient (Wildman–Crippen LogP) is 10.5. The zero-order chi connectivity index (χ0) is 32.1. The van der Waals surface area contributed by atoms with Crippen LogP contribution in [-0.4, -0.2) is 15.0 Å². The summed E-state index contributed by atoms with van der Waals surface area (Å²) in [7, 11) is 0. The average molecular weight is 621 g/mol. The van der Waals surface area contributed by atoms with E-state index in [0.29, 0.717) is 28.5 Å². The summed E-state index contributed by atoms with van der Waals surface area (Å²) in [5.74, 6) is 4.72. The van der Waals surface area contributed by atoms with Gasteiger partial charge in [-0.1, -0.05) is 115 Å². The average Bonchev–Trinajstić information content (AvgIpc) is 3.14. The SMILES string of the molecule is N#Cc1cccc(-c2ccccc2-c2ccccc2-c2nc(-c3ccccc3)nc(-c3ccc(C45CC6CC(CC(C6)C4)C5)cc3)n2)c1. The maximum Gasteiger partial charge on any atom is 0.164 e. The van der Waals surface area contributed by atoms with Gasteiger partial charge in [-0.25, -0.2) is 15.0 Å². The summed E-state index contributed by atoms with van der Waals surface area (Å²) in [5, 5.41) is 9.59. The van der Waals surface area contributed by atoms with Gasteiger partial charge < -0.3 is 0 Å². The molecular formula is C44H36N4. The van der Waals surface area contributed by atoms with E-state index in [0.717, 1.165) is 56.7 Å². The summed E-state index contributed by atoms with van der Waals surface area (Å²) >= 11 is 0. The van der Waals surface area contributed by atoms with Crippen molar-refractivity contribution in [2.75, 3.05) is 0 Å². The van der Waals surface area contributed by atoms with E-state index in [-0.39, 0.29) is 0 Å². The van der Waals surface area contributed by atoms with Gasteiger partial charge in [0.25, 0.3) is 0 Å². The molecule has 4 saturated carbocycles. The van der Waals surface area contributed by atoms with Crippen LogP contribution in [0, 0.1) is 29.1 Å². The molecule has 0 spiro atoms. The van der Waals surface area contributed by atoms with E-state index in [9.17, 15) is 5.26 Å². The van der Waals surface area contributed by atoms with Crippen LogP contribution in [0.25, 0.3) is 56.4 Å². The first-order valence-corrected chi connectivity index (χ1v) is 17.3. The van der Waals surface area contributed by atoms with Gasteiger partial charge in [0, 0.05) is 16.7 Å². The molecular weight excluding hydrogens is 585 g/mol. The molecule has 5 aromatic carbocycles. The zero-order valence-corrected chi connectivity index (χ0v) is 26.9. The number of benzene rings is 5. The quantitative estimate of drug-likeness (QED) is 0.186. The van der Waals surface area contributed by atoms with Crippen LogP contribution in [0.5, 0.6) is 0 Å². The van der Waals surface area contributed by atoms with E-state index in [4.69, 9.17) is 15.0 Å². The van der Waals surface area contributed by atoms with Gasteiger partial charge in [0.15, 0.2) is 17.5 Å². The smallest absolute Gasteiger partial charge is 0.164 e. The molecule has 0 amide bonds. The van der Waals surface area contributed by atoms with Crippen LogP contribution in [0.15, 0.2) is 127 Å². The minimum atomic E-state index is 0.353. The van der Waals surface area contributed by atoms with Crippen LogP contribution in [-0.2, 0) is 5.41 Å². The Morgan fingerprint density at radius 3 is 1.60 bits per heavy atom. The molecule has 0 unspecified atom stereocenters. The Morgan fingerprint density at radius 2 is 0.979 bits per heavy atom. The predicted molar refractivity (Wildman–Crippen MR) is 192 cm³/mol.